The number of amides is 2. The number of nitrogens with zero attached hydrogens (tertiary/aromatic N) is 1. The summed E-state index contributed by atoms with van der Waals surface area (Å²) in [5.74, 6) is 1.36. The standard InChI is InChI=1S/C11H21N3O/c1-9-7-12-5-3-10(9)8-14-6-2-4-13-11(14)15/h9-10,12H,2-8H2,1H3,(H,13,15). The second-order valence-electron chi connectivity index (χ2n) is 4.76. The molecule has 0 saturated carbocycles. The summed E-state index contributed by atoms with van der Waals surface area (Å²) in [4.78, 5) is 13.6. The zero-order valence-electron chi connectivity index (χ0n) is 9.46. The normalized spacial score (nSPS) is 32.6. The molecule has 2 rings (SSSR count). The van der Waals surface area contributed by atoms with E-state index >= 15 is 0 Å². The first-order valence-electron chi connectivity index (χ1n) is 6.01. The van der Waals surface area contributed by atoms with Crippen molar-refractivity contribution in [3.63, 3.8) is 0 Å². The predicted molar refractivity (Wildman–Crippen MR) is 59.7 cm³/mol. The zero-order valence-corrected chi connectivity index (χ0v) is 9.46. The molecule has 86 valence electrons. The molecule has 2 aliphatic rings. The molecule has 0 aliphatic carbocycles. The molecule has 0 aromatic heterocycles. The Hall–Kier alpha value is -0.770. The van der Waals surface area contributed by atoms with E-state index < -0.39 is 0 Å². The van der Waals surface area contributed by atoms with Crippen LogP contribution in [0.4, 0.5) is 4.79 Å². The number of nitrogens with one attached hydrogen (secondary N) is 2. The van der Waals surface area contributed by atoms with Gasteiger partial charge in [-0.05, 0) is 37.8 Å². The molecule has 4 nitrogen and oxygen atoms in total. The highest BCUT2D eigenvalue weighted by molar-refractivity contribution is 5.74. The minimum Gasteiger partial charge on any atom is -0.338 e. The van der Waals surface area contributed by atoms with Gasteiger partial charge in [0.1, 0.15) is 0 Å². The van der Waals surface area contributed by atoms with Crippen LogP contribution in [0.1, 0.15) is 19.8 Å². The first kappa shape index (κ1) is 10.7. The SMILES string of the molecule is CC1CNCCC1CN1CCCNC1=O. The molecule has 15 heavy (non-hydrogen) atoms. The summed E-state index contributed by atoms with van der Waals surface area (Å²) in [5.41, 5.74) is 0. The number of urea groups is 1. The van der Waals surface area contributed by atoms with Crippen molar-refractivity contribution in [3.8, 4) is 0 Å². The van der Waals surface area contributed by atoms with E-state index in [2.05, 4.69) is 17.6 Å². The summed E-state index contributed by atoms with van der Waals surface area (Å²) in [6.45, 7) is 7.19. The molecule has 2 aliphatic heterocycles. The lowest BCUT2D eigenvalue weighted by molar-refractivity contribution is 0.152. The van der Waals surface area contributed by atoms with Crippen LogP contribution < -0.4 is 10.6 Å². The van der Waals surface area contributed by atoms with Gasteiger partial charge in [0.05, 0.1) is 0 Å². The lowest BCUT2D eigenvalue weighted by Crippen LogP contribution is -2.50. The van der Waals surface area contributed by atoms with Crippen molar-refractivity contribution in [2.45, 2.75) is 19.8 Å². The smallest absolute Gasteiger partial charge is 0.317 e. The third-order valence-corrected chi connectivity index (χ3v) is 3.59. The van der Waals surface area contributed by atoms with Gasteiger partial charge in [-0.2, -0.15) is 0 Å². The van der Waals surface area contributed by atoms with E-state index in [0.29, 0.717) is 11.8 Å². The van der Waals surface area contributed by atoms with Gasteiger partial charge < -0.3 is 15.5 Å². The number of piperidine rings is 1. The van der Waals surface area contributed by atoms with Crippen LogP contribution in [-0.2, 0) is 0 Å². The molecule has 4 heteroatoms. The fourth-order valence-corrected chi connectivity index (χ4v) is 2.48. The van der Waals surface area contributed by atoms with E-state index in [1.165, 1.54) is 6.42 Å². The summed E-state index contributed by atoms with van der Waals surface area (Å²) in [7, 11) is 0. The van der Waals surface area contributed by atoms with Crippen molar-refractivity contribution < 1.29 is 4.79 Å². The maximum absolute atomic E-state index is 11.6. The fraction of sp³-hybridized carbons (Fsp3) is 0.909. The molecule has 2 fully saturated rings. The molecule has 0 radical (unpaired) electrons. The van der Waals surface area contributed by atoms with Crippen LogP contribution in [0.25, 0.3) is 0 Å². The van der Waals surface area contributed by atoms with Crippen molar-refractivity contribution in [1.82, 2.24) is 15.5 Å². The van der Waals surface area contributed by atoms with E-state index in [0.717, 1.165) is 39.1 Å². The Kier molecular flexibility index (Phi) is 3.46. The number of rotatable bonds is 2. The molecule has 0 aromatic carbocycles. The van der Waals surface area contributed by atoms with Gasteiger partial charge in [0.15, 0.2) is 0 Å². The van der Waals surface area contributed by atoms with Crippen LogP contribution >= 0.6 is 0 Å². The summed E-state index contributed by atoms with van der Waals surface area (Å²) < 4.78 is 0. The minimum absolute atomic E-state index is 0.131. The Morgan fingerprint density at radius 3 is 3.07 bits per heavy atom. The first-order chi connectivity index (χ1) is 7.27. The van der Waals surface area contributed by atoms with Gasteiger partial charge in [-0.1, -0.05) is 6.92 Å². The summed E-state index contributed by atoms with van der Waals surface area (Å²) >= 11 is 0. The third kappa shape index (κ3) is 2.62. The average molecular weight is 211 g/mol. The molecule has 2 N–H and O–H groups in total. The highest BCUT2D eigenvalue weighted by Gasteiger charge is 2.26. The molecule has 0 bridgehead atoms. The number of carbonyl (C=O) groups is 1. The Labute approximate surface area is 91.4 Å². The van der Waals surface area contributed by atoms with E-state index in [-0.39, 0.29) is 6.03 Å². The third-order valence-electron chi connectivity index (χ3n) is 3.59. The van der Waals surface area contributed by atoms with Crippen LogP contribution in [-0.4, -0.2) is 43.7 Å². The van der Waals surface area contributed by atoms with E-state index in [1.807, 2.05) is 4.90 Å². The molecular formula is C11H21N3O. The molecular weight excluding hydrogens is 190 g/mol. The van der Waals surface area contributed by atoms with Gasteiger partial charge in [-0.15, -0.1) is 0 Å². The topological polar surface area (TPSA) is 44.4 Å². The first-order valence-corrected chi connectivity index (χ1v) is 6.01. The average Bonchev–Trinajstić information content (AvgIpc) is 2.24. The quantitative estimate of drug-likeness (QED) is 0.704. The maximum Gasteiger partial charge on any atom is 0.317 e. The second kappa shape index (κ2) is 4.84. The highest BCUT2D eigenvalue weighted by Crippen LogP contribution is 2.20. The Morgan fingerprint density at radius 2 is 2.33 bits per heavy atom. The second-order valence-corrected chi connectivity index (χ2v) is 4.76. The lowest BCUT2D eigenvalue weighted by Gasteiger charge is -2.36. The van der Waals surface area contributed by atoms with Crippen molar-refractivity contribution in [1.29, 1.82) is 0 Å². The van der Waals surface area contributed by atoms with Gasteiger partial charge in [0, 0.05) is 19.6 Å². The van der Waals surface area contributed by atoms with E-state index in [4.69, 9.17) is 0 Å². The lowest BCUT2D eigenvalue weighted by atomic mass is 9.87. The summed E-state index contributed by atoms with van der Waals surface area (Å²) in [6.07, 6.45) is 2.29. The van der Waals surface area contributed by atoms with Gasteiger partial charge in [0.2, 0.25) is 0 Å². The van der Waals surface area contributed by atoms with Crippen molar-refractivity contribution in [2.24, 2.45) is 11.8 Å². The highest BCUT2D eigenvalue weighted by atomic mass is 16.2. The Bertz CT molecular complexity index is 232. The van der Waals surface area contributed by atoms with Crippen molar-refractivity contribution in [2.75, 3.05) is 32.7 Å². The summed E-state index contributed by atoms with van der Waals surface area (Å²) in [6, 6.07) is 0.131. The van der Waals surface area contributed by atoms with Crippen molar-refractivity contribution in [3.05, 3.63) is 0 Å². The Morgan fingerprint density at radius 1 is 1.47 bits per heavy atom. The predicted octanol–water partition coefficient (Wildman–Crippen LogP) is 0.647. The van der Waals surface area contributed by atoms with Crippen molar-refractivity contribution >= 4 is 6.03 Å². The Balaban J connectivity index is 1.86. The van der Waals surface area contributed by atoms with Gasteiger partial charge >= 0.3 is 6.03 Å². The molecule has 2 atom stereocenters. The van der Waals surface area contributed by atoms with E-state index in [1.54, 1.807) is 0 Å². The van der Waals surface area contributed by atoms with E-state index in [9.17, 15) is 4.79 Å². The van der Waals surface area contributed by atoms with Gasteiger partial charge in [0.25, 0.3) is 0 Å². The van der Waals surface area contributed by atoms with Crippen LogP contribution in [0.5, 0.6) is 0 Å². The monoisotopic (exact) mass is 211 g/mol. The fourth-order valence-electron chi connectivity index (χ4n) is 2.48. The number of carbonyl (C=O) groups excluding carboxylic acids is 1. The molecule has 2 amide bonds. The van der Waals surface area contributed by atoms with Crippen LogP contribution in [0, 0.1) is 11.8 Å². The van der Waals surface area contributed by atoms with Crippen LogP contribution in [0.3, 0.4) is 0 Å². The largest absolute Gasteiger partial charge is 0.338 e. The number of hydrogen-bond acceptors (Lipinski definition) is 2. The molecule has 0 aromatic rings. The van der Waals surface area contributed by atoms with Gasteiger partial charge in [-0.3, -0.25) is 0 Å². The van der Waals surface area contributed by atoms with Gasteiger partial charge in [-0.25, -0.2) is 4.79 Å². The molecule has 2 saturated heterocycles. The minimum atomic E-state index is 0.131. The van der Waals surface area contributed by atoms with Crippen LogP contribution in [0.15, 0.2) is 0 Å². The van der Waals surface area contributed by atoms with Crippen LogP contribution in [0.2, 0.25) is 0 Å². The number of hydrogen-bond donors (Lipinski definition) is 2. The molecule has 2 heterocycles. The molecule has 2 unspecified atom stereocenters. The summed E-state index contributed by atoms with van der Waals surface area (Å²) in [5, 5.41) is 6.30. The zero-order chi connectivity index (χ0) is 10.7. The molecule has 0 spiro atoms. The maximum atomic E-state index is 11.6.